The van der Waals surface area contributed by atoms with Gasteiger partial charge in [0, 0.05) is 12.5 Å². The minimum Gasteiger partial charge on any atom is -0.454 e. The van der Waals surface area contributed by atoms with E-state index in [1.165, 1.54) is 0 Å². The smallest absolute Gasteiger partial charge is 0.231 e. The van der Waals surface area contributed by atoms with Crippen LogP contribution in [-0.4, -0.2) is 37.0 Å². The third-order valence-electron chi connectivity index (χ3n) is 6.50. The van der Waals surface area contributed by atoms with Gasteiger partial charge in [-0.15, -0.1) is 6.58 Å². The first-order chi connectivity index (χ1) is 12.0. The molecule has 1 aromatic carbocycles. The monoisotopic (exact) mass is 344 g/mol. The fourth-order valence-corrected chi connectivity index (χ4v) is 5.21. The number of methoxy groups -OCH3 is 1. The number of carbonyl (C=O) groups excluding carboxylic acids is 1. The normalized spacial score (nSPS) is 38.8. The van der Waals surface area contributed by atoms with E-state index in [-0.39, 0.29) is 30.5 Å². The summed E-state index contributed by atoms with van der Waals surface area (Å²) in [4.78, 5) is 13.3. The van der Waals surface area contributed by atoms with E-state index in [0.717, 1.165) is 11.3 Å². The first-order valence-corrected chi connectivity index (χ1v) is 8.79. The summed E-state index contributed by atoms with van der Waals surface area (Å²) in [7, 11) is 1.60. The lowest BCUT2D eigenvalue weighted by molar-refractivity contribution is -0.149. The summed E-state index contributed by atoms with van der Waals surface area (Å²) < 4.78 is 16.4. The van der Waals surface area contributed by atoms with Crippen LogP contribution in [0.3, 0.4) is 0 Å². The van der Waals surface area contributed by atoms with Crippen molar-refractivity contribution >= 4 is 5.78 Å². The summed E-state index contributed by atoms with van der Waals surface area (Å²) in [5.41, 5.74) is 0.490. The van der Waals surface area contributed by atoms with E-state index in [1.807, 2.05) is 24.3 Å². The molecule has 2 saturated carbocycles. The van der Waals surface area contributed by atoms with Crippen LogP contribution in [0, 0.1) is 17.3 Å². The van der Waals surface area contributed by atoms with Gasteiger partial charge in [0.15, 0.2) is 11.5 Å². The van der Waals surface area contributed by atoms with Crippen molar-refractivity contribution < 1.29 is 24.1 Å². The van der Waals surface area contributed by atoms with E-state index in [9.17, 15) is 9.90 Å². The number of allylic oxidation sites excluding steroid dienone is 1. The quantitative estimate of drug-likeness (QED) is 0.851. The Morgan fingerprint density at radius 2 is 2.12 bits per heavy atom. The largest absolute Gasteiger partial charge is 0.454 e. The molecule has 4 rings (SSSR count). The summed E-state index contributed by atoms with van der Waals surface area (Å²) in [6.45, 7) is 6.19. The highest BCUT2D eigenvalue weighted by molar-refractivity contribution is 5.93. The molecule has 2 bridgehead atoms. The highest BCUT2D eigenvalue weighted by Gasteiger charge is 2.64. The number of aliphatic hydroxyl groups is 1. The van der Waals surface area contributed by atoms with Gasteiger partial charge in [-0.25, -0.2) is 0 Å². The first kappa shape index (κ1) is 16.6. The van der Waals surface area contributed by atoms with Gasteiger partial charge in [-0.1, -0.05) is 19.1 Å². The van der Waals surface area contributed by atoms with Crippen LogP contribution in [0.4, 0.5) is 0 Å². The number of ether oxygens (including phenoxy) is 3. The molecule has 0 saturated heterocycles. The molecule has 0 radical (unpaired) electrons. The average molecular weight is 344 g/mol. The van der Waals surface area contributed by atoms with Gasteiger partial charge in [-0.3, -0.25) is 4.79 Å². The molecule has 1 N–H and O–H groups in total. The fourth-order valence-electron chi connectivity index (χ4n) is 5.21. The van der Waals surface area contributed by atoms with E-state index < -0.39 is 17.4 Å². The SMILES string of the molecule is C=CCC12CC(OC)C(O)C(C1=O)C(c1ccc3c(c1)OCO3)C2C. The van der Waals surface area contributed by atoms with Crippen LogP contribution in [0.25, 0.3) is 0 Å². The molecule has 5 nitrogen and oxygen atoms in total. The number of fused-ring (bicyclic) bond motifs is 3. The lowest BCUT2D eigenvalue weighted by atomic mass is 9.67. The summed E-state index contributed by atoms with van der Waals surface area (Å²) in [6, 6.07) is 5.82. The molecule has 0 amide bonds. The minimum absolute atomic E-state index is 0.0721. The van der Waals surface area contributed by atoms with E-state index >= 15 is 0 Å². The molecule has 0 spiro atoms. The molecule has 1 aromatic rings. The number of Topliss-reactive ketones (excluding diaryl/α,β-unsaturated/α-hetero) is 1. The third kappa shape index (κ3) is 2.19. The zero-order valence-electron chi connectivity index (χ0n) is 14.6. The van der Waals surface area contributed by atoms with Crippen molar-refractivity contribution in [2.75, 3.05) is 13.9 Å². The molecular formula is C20H24O5. The molecular weight excluding hydrogens is 320 g/mol. The Bertz CT molecular complexity index is 714. The molecule has 134 valence electrons. The third-order valence-corrected chi connectivity index (χ3v) is 6.50. The number of rotatable bonds is 4. The maximum absolute atomic E-state index is 13.3. The number of aliphatic hydroxyl groups excluding tert-OH is 1. The van der Waals surface area contributed by atoms with Crippen LogP contribution in [0.2, 0.25) is 0 Å². The van der Waals surface area contributed by atoms with Gasteiger partial charge in [0.1, 0.15) is 5.78 Å². The molecule has 2 aliphatic carbocycles. The number of benzene rings is 1. The van der Waals surface area contributed by atoms with Crippen molar-refractivity contribution in [2.45, 2.75) is 37.9 Å². The number of hydrogen-bond acceptors (Lipinski definition) is 5. The lowest BCUT2D eigenvalue weighted by Gasteiger charge is -2.39. The van der Waals surface area contributed by atoms with Crippen molar-refractivity contribution in [3.05, 3.63) is 36.4 Å². The molecule has 6 unspecified atom stereocenters. The van der Waals surface area contributed by atoms with Crippen LogP contribution in [-0.2, 0) is 9.53 Å². The Hall–Kier alpha value is -1.85. The summed E-state index contributed by atoms with van der Waals surface area (Å²) in [5, 5.41) is 10.8. The first-order valence-electron chi connectivity index (χ1n) is 8.79. The Morgan fingerprint density at radius 3 is 2.84 bits per heavy atom. The van der Waals surface area contributed by atoms with Gasteiger partial charge in [0.2, 0.25) is 6.79 Å². The van der Waals surface area contributed by atoms with Crippen molar-refractivity contribution in [3.8, 4) is 11.5 Å². The summed E-state index contributed by atoms with van der Waals surface area (Å²) in [6.07, 6.45) is 1.84. The van der Waals surface area contributed by atoms with Crippen molar-refractivity contribution in [1.29, 1.82) is 0 Å². The maximum atomic E-state index is 13.3. The summed E-state index contributed by atoms with van der Waals surface area (Å²) in [5.74, 6) is 1.11. The molecule has 6 atom stereocenters. The van der Waals surface area contributed by atoms with Crippen molar-refractivity contribution in [3.63, 3.8) is 0 Å². The van der Waals surface area contributed by atoms with Gasteiger partial charge < -0.3 is 19.3 Å². The molecule has 1 aliphatic heterocycles. The molecule has 2 fully saturated rings. The molecule has 5 heteroatoms. The van der Waals surface area contributed by atoms with Gasteiger partial charge in [-0.05, 0) is 42.4 Å². The van der Waals surface area contributed by atoms with Crippen LogP contribution >= 0.6 is 0 Å². The van der Waals surface area contributed by atoms with E-state index in [1.54, 1.807) is 7.11 Å². The Morgan fingerprint density at radius 1 is 1.36 bits per heavy atom. The molecule has 1 heterocycles. The zero-order chi connectivity index (χ0) is 17.8. The number of hydrogen-bond donors (Lipinski definition) is 1. The second-order valence-electron chi connectivity index (χ2n) is 7.44. The van der Waals surface area contributed by atoms with E-state index in [4.69, 9.17) is 14.2 Å². The van der Waals surface area contributed by atoms with Crippen LogP contribution in [0.1, 0.15) is 31.2 Å². The predicted octanol–water partition coefficient (Wildman–Crippen LogP) is 2.68. The maximum Gasteiger partial charge on any atom is 0.231 e. The number of ketones is 1. The Labute approximate surface area is 147 Å². The second kappa shape index (κ2) is 5.85. The van der Waals surface area contributed by atoms with Crippen LogP contribution in [0.15, 0.2) is 30.9 Å². The van der Waals surface area contributed by atoms with Crippen molar-refractivity contribution in [1.82, 2.24) is 0 Å². The minimum atomic E-state index is -0.796. The predicted molar refractivity (Wildman–Crippen MR) is 91.6 cm³/mol. The van der Waals surface area contributed by atoms with Gasteiger partial charge >= 0.3 is 0 Å². The van der Waals surface area contributed by atoms with Crippen molar-refractivity contribution in [2.24, 2.45) is 17.3 Å². The van der Waals surface area contributed by atoms with E-state index in [0.29, 0.717) is 18.6 Å². The number of carbonyl (C=O) groups is 1. The van der Waals surface area contributed by atoms with E-state index in [2.05, 4.69) is 13.5 Å². The van der Waals surface area contributed by atoms with Crippen LogP contribution < -0.4 is 9.47 Å². The highest BCUT2D eigenvalue weighted by atomic mass is 16.7. The second-order valence-corrected chi connectivity index (χ2v) is 7.44. The highest BCUT2D eigenvalue weighted by Crippen LogP contribution is 2.61. The van der Waals surface area contributed by atoms with Gasteiger partial charge in [0.05, 0.1) is 18.1 Å². The van der Waals surface area contributed by atoms with Crippen LogP contribution in [0.5, 0.6) is 11.5 Å². The Balaban J connectivity index is 1.80. The molecule has 25 heavy (non-hydrogen) atoms. The zero-order valence-corrected chi connectivity index (χ0v) is 14.6. The average Bonchev–Trinajstić information content (AvgIpc) is 3.13. The fraction of sp³-hybridized carbons (Fsp3) is 0.550. The summed E-state index contributed by atoms with van der Waals surface area (Å²) >= 11 is 0. The standard InChI is InChI=1S/C20H24O5/c1-4-7-20-9-15(23-3)18(21)17(19(20)22)16(11(20)2)12-5-6-13-14(8-12)25-10-24-13/h4-6,8,11,15-18,21H,1,7,9-10H2,2-3H3. The Kier molecular flexibility index (Phi) is 3.89. The molecule has 0 aromatic heterocycles. The topological polar surface area (TPSA) is 65.0 Å². The molecule has 3 aliphatic rings. The lowest BCUT2D eigenvalue weighted by Crippen LogP contribution is -2.50. The van der Waals surface area contributed by atoms with Gasteiger partial charge in [-0.2, -0.15) is 0 Å². The van der Waals surface area contributed by atoms with Gasteiger partial charge in [0.25, 0.3) is 0 Å².